The Kier molecular flexibility index (Phi) is 3.08. The van der Waals surface area contributed by atoms with Gasteiger partial charge in [0.25, 0.3) is 0 Å². The van der Waals surface area contributed by atoms with Crippen molar-refractivity contribution in [2.75, 3.05) is 0 Å². The lowest BCUT2D eigenvalue weighted by atomic mass is 10.2. The van der Waals surface area contributed by atoms with Gasteiger partial charge in [-0.25, -0.2) is 14.2 Å². The second kappa shape index (κ2) is 4.19. The Morgan fingerprint density at radius 2 is 2.40 bits per heavy atom. The highest BCUT2D eigenvalue weighted by Gasteiger charge is 2.14. The van der Waals surface area contributed by atoms with Gasteiger partial charge in [0.2, 0.25) is 0 Å². The van der Waals surface area contributed by atoms with Crippen molar-refractivity contribution in [3.63, 3.8) is 0 Å². The van der Waals surface area contributed by atoms with E-state index in [1.807, 2.05) is 0 Å². The van der Waals surface area contributed by atoms with Crippen LogP contribution in [0.4, 0.5) is 0 Å². The molecule has 1 N–H and O–H groups in total. The summed E-state index contributed by atoms with van der Waals surface area (Å²) in [5.74, 6) is -1.03. The normalized spacial score (nSPS) is 11.6. The average Bonchev–Trinajstić information content (AvgIpc) is 2.58. The van der Waals surface area contributed by atoms with Crippen molar-refractivity contribution in [1.82, 2.24) is 14.5 Å². The molecule has 0 aliphatic rings. The van der Waals surface area contributed by atoms with E-state index in [1.165, 1.54) is 12.3 Å². The van der Waals surface area contributed by atoms with Gasteiger partial charge in [-0.3, -0.25) is 0 Å². The number of carboxylic acid groups (broad SMARTS) is 1. The van der Waals surface area contributed by atoms with Gasteiger partial charge in [0, 0.05) is 0 Å². The van der Waals surface area contributed by atoms with Gasteiger partial charge in [-0.2, -0.15) is 5.10 Å². The van der Waals surface area contributed by atoms with E-state index in [-0.39, 0.29) is 10.7 Å². The van der Waals surface area contributed by atoms with Gasteiger partial charge in [-0.05, 0) is 28.1 Å². The highest BCUT2D eigenvalue weighted by atomic mass is 127. The molecule has 0 amide bonds. The molecule has 2 aromatic rings. The van der Waals surface area contributed by atoms with Crippen molar-refractivity contribution in [3.8, 4) is 0 Å². The topological polar surface area (TPSA) is 68.0 Å². The molecule has 0 aliphatic heterocycles. The van der Waals surface area contributed by atoms with Crippen LogP contribution in [0.25, 0.3) is 11.0 Å². The number of carboxylic acids is 1. The van der Waals surface area contributed by atoms with Gasteiger partial charge in [-0.1, -0.05) is 11.6 Å². The zero-order chi connectivity index (χ0) is 11.0. The van der Waals surface area contributed by atoms with E-state index >= 15 is 0 Å². The third-order valence-corrected chi connectivity index (χ3v) is 3.87. The molecule has 5 nitrogen and oxygen atoms in total. The third-order valence-electron chi connectivity index (χ3n) is 1.82. The third kappa shape index (κ3) is 1.93. The van der Waals surface area contributed by atoms with Crippen molar-refractivity contribution >= 4 is 57.0 Å². The first-order valence-electron chi connectivity index (χ1n) is 3.77. The number of hydrogen-bond acceptors (Lipinski definition) is 3. The number of rotatable bonds is 2. The first-order valence-corrected chi connectivity index (χ1v) is 8.21. The van der Waals surface area contributed by atoms with E-state index in [0.29, 0.717) is 17.4 Å². The van der Waals surface area contributed by atoms with Crippen LogP contribution >= 0.6 is 40.0 Å². The van der Waals surface area contributed by atoms with E-state index < -0.39 is 5.97 Å². The average molecular weight is 355 g/mol. The summed E-state index contributed by atoms with van der Waals surface area (Å²) in [6, 6.07) is 1.33. The summed E-state index contributed by atoms with van der Waals surface area (Å²) in [6.07, 6.45) is 1.85. The predicted molar refractivity (Wildman–Crippen MR) is 67.2 cm³/mol. The molecule has 1 atom stereocenters. The zero-order valence-electron chi connectivity index (χ0n) is 7.11. The SMILES string of the molecule is O=C(O)c1cc(Cl)nc2c1cnn2PI. The summed E-state index contributed by atoms with van der Waals surface area (Å²) in [4.78, 5) is 15.0. The van der Waals surface area contributed by atoms with Crippen LogP contribution in [-0.4, -0.2) is 25.6 Å². The minimum atomic E-state index is -1.03. The lowest BCUT2D eigenvalue weighted by molar-refractivity contribution is 0.0699. The van der Waals surface area contributed by atoms with Gasteiger partial charge in [0.1, 0.15) is 5.15 Å². The summed E-state index contributed by atoms with van der Waals surface area (Å²) in [5, 5.41) is 13.7. The molecule has 2 aromatic heterocycles. The molecule has 2 heterocycles. The van der Waals surface area contributed by atoms with Crippen molar-refractivity contribution in [3.05, 3.63) is 23.0 Å². The van der Waals surface area contributed by atoms with Crippen LogP contribution in [0.1, 0.15) is 10.4 Å². The predicted octanol–water partition coefficient (Wildman–Crippen LogP) is 2.57. The zero-order valence-corrected chi connectivity index (χ0v) is 11.0. The molecule has 0 aliphatic carbocycles. The van der Waals surface area contributed by atoms with E-state index in [9.17, 15) is 4.79 Å². The summed E-state index contributed by atoms with van der Waals surface area (Å²) >= 11 is 7.88. The summed E-state index contributed by atoms with van der Waals surface area (Å²) < 4.78 is 1.62. The largest absolute Gasteiger partial charge is 0.478 e. The van der Waals surface area contributed by atoms with E-state index in [1.54, 1.807) is 4.45 Å². The van der Waals surface area contributed by atoms with Crippen molar-refractivity contribution in [2.24, 2.45) is 0 Å². The van der Waals surface area contributed by atoms with Crippen LogP contribution in [0, 0.1) is 0 Å². The Bertz CT molecular complexity index is 544. The number of aromatic nitrogens is 3. The molecule has 0 spiro atoms. The summed E-state index contributed by atoms with van der Waals surface area (Å²) in [7, 11) is 0. The molecule has 0 saturated heterocycles. The number of fused-ring (bicyclic) bond motifs is 1. The minimum Gasteiger partial charge on any atom is -0.478 e. The Labute approximate surface area is 104 Å². The Hall–Kier alpha value is -0.460. The van der Waals surface area contributed by atoms with Crippen LogP contribution in [0.15, 0.2) is 12.3 Å². The molecule has 0 aromatic carbocycles. The number of carbonyl (C=O) groups is 1. The molecule has 1 unspecified atom stereocenters. The quantitative estimate of drug-likeness (QED) is 0.511. The number of nitrogens with zero attached hydrogens (tertiary/aromatic N) is 3. The van der Waals surface area contributed by atoms with Gasteiger partial charge in [0.05, 0.1) is 23.5 Å². The Balaban J connectivity index is 2.82. The molecule has 0 saturated carbocycles. The highest BCUT2D eigenvalue weighted by molar-refractivity contribution is 14.2. The number of pyridine rings is 1. The maximum absolute atomic E-state index is 10.9. The summed E-state index contributed by atoms with van der Waals surface area (Å²) in [6.45, 7) is 0. The van der Waals surface area contributed by atoms with Crippen molar-refractivity contribution < 1.29 is 9.90 Å². The van der Waals surface area contributed by atoms with E-state index in [2.05, 4.69) is 32.1 Å². The standard InChI is InChI=1S/C7H4ClIN3O2P/c8-5-1-3(7(13)14)4-2-10-12(15-9)6(4)11-5/h1-2,15H,(H,13,14). The molecular formula is C7H4ClIN3O2P. The molecule has 0 radical (unpaired) electrons. The first-order chi connectivity index (χ1) is 7.13. The summed E-state index contributed by atoms with van der Waals surface area (Å²) in [5.41, 5.74) is 0.638. The second-order valence-electron chi connectivity index (χ2n) is 2.68. The van der Waals surface area contributed by atoms with Gasteiger partial charge < -0.3 is 5.11 Å². The molecule has 0 bridgehead atoms. The number of hydrogen-bond donors (Lipinski definition) is 1. The van der Waals surface area contributed by atoms with Gasteiger partial charge in [0.15, 0.2) is 5.65 Å². The molecule has 2 rings (SSSR count). The molecular weight excluding hydrogens is 351 g/mol. The van der Waals surface area contributed by atoms with Gasteiger partial charge >= 0.3 is 5.97 Å². The monoisotopic (exact) mass is 355 g/mol. The molecule has 0 fully saturated rings. The lowest BCUT2D eigenvalue weighted by Crippen LogP contribution is -1.98. The van der Waals surface area contributed by atoms with Crippen LogP contribution in [0.2, 0.25) is 5.15 Å². The second-order valence-corrected chi connectivity index (χ2v) is 5.10. The highest BCUT2D eigenvalue weighted by Crippen LogP contribution is 2.29. The lowest BCUT2D eigenvalue weighted by Gasteiger charge is -1.99. The fraction of sp³-hybridized carbons (Fsp3) is 0. The Morgan fingerprint density at radius 3 is 3.00 bits per heavy atom. The first kappa shape index (κ1) is 11.0. The van der Waals surface area contributed by atoms with Crippen LogP contribution in [0.3, 0.4) is 0 Å². The number of halogens is 2. The van der Waals surface area contributed by atoms with E-state index in [0.717, 1.165) is 0 Å². The molecule has 15 heavy (non-hydrogen) atoms. The maximum atomic E-state index is 10.9. The molecule has 78 valence electrons. The van der Waals surface area contributed by atoms with Crippen LogP contribution < -0.4 is 0 Å². The Morgan fingerprint density at radius 1 is 1.67 bits per heavy atom. The molecule has 8 heteroatoms. The van der Waals surface area contributed by atoms with E-state index in [4.69, 9.17) is 16.7 Å². The van der Waals surface area contributed by atoms with Gasteiger partial charge in [-0.15, -0.1) is 0 Å². The van der Waals surface area contributed by atoms with Crippen LogP contribution in [0.5, 0.6) is 0 Å². The van der Waals surface area contributed by atoms with Crippen molar-refractivity contribution in [2.45, 2.75) is 0 Å². The van der Waals surface area contributed by atoms with Crippen molar-refractivity contribution in [1.29, 1.82) is 0 Å². The minimum absolute atomic E-state index is 0.130. The fourth-order valence-electron chi connectivity index (χ4n) is 1.21. The van der Waals surface area contributed by atoms with Crippen LogP contribution in [-0.2, 0) is 0 Å². The fourth-order valence-corrected chi connectivity index (χ4v) is 2.81. The maximum Gasteiger partial charge on any atom is 0.336 e. The smallest absolute Gasteiger partial charge is 0.336 e. The number of aromatic carboxylic acids is 1.